The normalized spacial score (nSPS) is 10.7. The van der Waals surface area contributed by atoms with Gasteiger partial charge in [-0.15, -0.1) is 5.10 Å². The van der Waals surface area contributed by atoms with Crippen molar-refractivity contribution >= 4 is 23.5 Å². The van der Waals surface area contributed by atoms with Gasteiger partial charge in [-0.3, -0.25) is 0 Å². The van der Waals surface area contributed by atoms with Gasteiger partial charge in [-0.1, -0.05) is 17.7 Å². The first-order valence-electron chi connectivity index (χ1n) is 5.83. The molecule has 0 atom stereocenters. The molecule has 19 heavy (non-hydrogen) atoms. The van der Waals surface area contributed by atoms with E-state index in [9.17, 15) is 0 Å². The predicted octanol–water partition coefficient (Wildman–Crippen LogP) is 1.87. The van der Waals surface area contributed by atoms with Gasteiger partial charge in [0.15, 0.2) is 0 Å². The number of nitrogen functional groups attached to an aromatic ring is 1. The van der Waals surface area contributed by atoms with Crippen LogP contribution in [0.4, 0.5) is 11.9 Å². The molecule has 1 aromatic heterocycles. The number of nitrogens with two attached hydrogens (primary N) is 1. The molecular formula is C12H16ClN5O. The standard InChI is InChI=1S/C12H16ClN5O/c1-8-3-4-9(7-10(8)13)18-11(14)16-12(17-18)15-5-6-19-2/h3-4,7H,5-6H2,1-2H3,(H3,14,15,16,17). The van der Waals surface area contributed by atoms with Gasteiger partial charge in [0.2, 0.25) is 11.9 Å². The Morgan fingerprint density at radius 1 is 1.47 bits per heavy atom. The summed E-state index contributed by atoms with van der Waals surface area (Å²) in [7, 11) is 1.64. The average molecular weight is 282 g/mol. The molecule has 0 radical (unpaired) electrons. The Hall–Kier alpha value is -1.79. The van der Waals surface area contributed by atoms with E-state index >= 15 is 0 Å². The Morgan fingerprint density at radius 2 is 2.26 bits per heavy atom. The minimum atomic E-state index is 0.305. The number of methoxy groups -OCH3 is 1. The number of hydrogen-bond donors (Lipinski definition) is 2. The molecule has 3 N–H and O–H groups in total. The largest absolute Gasteiger partial charge is 0.383 e. The topological polar surface area (TPSA) is 78.0 Å². The lowest BCUT2D eigenvalue weighted by molar-refractivity contribution is 0.210. The zero-order valence-electron chi connectivity index (χ0n) is 10.9. The highest BCUT2D eigenvalue weighted by Gasteiger charge is 2.09. The first kappa shape index (κ1) is 13.6. The van der Waals surface area contributed by atoms with E-state index in [1.807, 2.05) is 19.1 Å². The highest BCUT2D eigenvalue weighted by Crippen LogP contribution is 2.21. The minimum Gasteiger partial charge on any atom is -0.383 e. The van der Waals surface area contributed by atoms with E-state index in [1.165, 1.54) is 0 Å². The maximum Gasteiger partial charge on any atom is 0.244 e. The second kappa shape index (κ2) is 5.90. The zero-order chi connectivity index (χ0) is 13.8. The second-order valence-electron chi connectivity index (χ2n) is 4.06. The fourth-order valence-corrected chi connectivity index (χ4v) is 1.74. The summed E-state index contributed by atoms with van der Waals surface area (Å²) >= 11 is 6.09. The summed E-state index contributed by atoms with van der Waals surface area (Å²) in [6, 6.07) is 5.61. The van der Waals surface area contributed by atoms with Crippen LogP contribution in [0.3, 0.4) is 0 Å². The lowest BCUT2D eigenvalue weighted by Gasteiger charge is -2.04. The molecular weight excluding hydrogens is 266 g/mol. The summed E-state index contributed by atoms with van der Waals surface area (Å²) in [6.45, 7) is 3.13. The van der Waals surface area contributed by atoms with Crippen LogP contribution in [0.15, 0.2) is 18.2 Å². The molecule has 0 saturated heterocycles. The van der Waals surface area contributed by atoms with Gasteiger partial charge in [-0.05, 0) is 24.6 Å². The van der Waals surface area contributed by atoms with Gasteiger partial charge < -0.3 is 15.8 Å². The molecule has 6 nitrogen and oxygen atoms in total. The second-order valence-corrected chi connectivity index (χ2v) is 4.47. The van der Waals surface area contributed by atoms with E-state index in [0.717, 1.165) is 11.3 Å². The van der Waals surface area contributed by atoms with Crippen molar-refractivity contribution in [3.05, 3.63) is 28.8 Å². The van der Waals surface area contributed by atoms with Crippen molar-refractivity contribution in [1.82, 2.24) is 14.8 Å². The molecule has 7 heteroatoms. The van der Waals surface area contributed by atoms with Crippen LogP contribution in [0.1, 0.15) is 5.56 Å². The SMILES string of the molecule is COCCNc1nc(N)n(-c2ccc(C)c(Cl)c2)n1. The summed E-state index contributed by atoms with van der Waals surface area (Å²) in [5.74, 6) is 0.770. The lowest BCUT2D eigenvalue weighted by atomic mass is 10.2. The predicted molar refractivity (Wildman–Crippen MR) is 75.9 cm³/mol. The third kappa shape index (κ3) is 3.15. The van der Waals surface area contributed by atoms with Crippen molar-refractivity contribution in [1.29, 1.82) is 0 Å². The third-order valence-corrected chi connectivity index (χ3v) is 3.03. The van der Waals surface area contributed by atoms with Crippen molar-refractivity contribution in [2.75, 3.05) is 31.3 Å². The Bertz CT molecular complexity index is 569. The van der Waals surface area contributed by atoms with Crippen molar-refractivity contribution in [2.45, 2.75) is 6.92 Å². The Kier molecular flexibility index (Phi) is 4.24. The quantitative estimate of drug-likeness (QED) is 0.818. The summed E-state index contributed by atoms with van der Waals surface area (Å²) in [6.07, 6.45) is 0. The van der Waals surface area contributed by atoms with Crippen LogP contribution in [0, 0.1) is 6.92 Å². The molecule has 1 aromatic carbocycles. The number of rotatable bonds is 5. The maximum absolute atomic E-state index is 6.09. The van der Waals surface area contributed by atoms with E-state index < -0.39 is 0 Å². The number of benzene rings is 1. The molecule has 2 aromatic rings. The van der Waals surface area contributed by atoms with Crippen LogP contribution < -0.4 is 11.1 Å². The molecule has 0 spiro atoms. The monoisotopic (exact) mass is 281 g/mol. The molecule has 0 unspecified atom stereocenters. The lowest BCUT2D eigenvalue weighted by Crippen LogP contribution is -2.09. The fourth-order valence-electron chi connectivity index (χ4n) is 1.57. The molecule has 0 bridgehead atoms. The Morgan fingerprint density at radius 3 is 2.95 bits per heavy atom. The molecule has 2 rings (SSSR count). The molecule has 102 valence electrons. The van der Waals surface area contributed by atoms with E-state index in [0.29, 0.717) is 30.1 Å². The van der Waals surface area contributed by atoms with E-state index in [-0.39, 0.29) is 0 Å². The van der Waals surface area contributed by atoms with E-state index in [1.54, 1.807) is 17.9 Å². The molecule has 0 aliphatic rings. The van der Waals surface area contributed by atoms with Crippen molar-refractivity contribution in [3.8, 4) is 5.69 Å². The van der Waals surface area contributed by atoms with Gasteiger partial charge in [0, 0.05) is 18.7 Å². The van der Waals surface area contributed by atoms with E-state index in [2.05, 4.69) is 15.4 Å². The summed E-state index contributed by atoms with van der Waals surface area (Å²) < 4.78 is 6.48. The first-order chi connectivity index (χ1) is 9.11. The number of anilines is 2. The van der Waals surface area contributed by atoms with Crippen molar-refractivity contribution in [3.63, 3.8) is 0 Å². The van der Waals surface area contributed by atoms with Crippen LogP contribution in [0.5, 0.6) is 0 Å². The van der Waals surface area contributed by atoms with Gasteiger partial charge in [0.1, 0.15) is 0 Å². The maximum atomic E-state index is 6.09. The van der Waals surface area contributed by atoms with E-state index in [4.69, 9.17) is 22.1 Å². The van der Waals surface area contributed by atoms with Crippen LogP contribution in [-0.2, 0) is 4.74 Å². The molecule has 0 aliphatic heterocycles. The van der Waals surface area contributed by atoms with Crippen LogP contribution >= 0.6 is 11.6 Å². The number of nitrogens with one attached hydrogen (secondary N) is 1. The Balaban J connectivity index is 2.22. The average Bonchev–Trinajstić information content (AvgIpc) is 2.74. The van der Waals surface area contributed by atoms with Crippen LogP contribution in [0.2, 0.25) is 5.02 Å². The highest BCUT2D eigenvalue weighted by molar-refractivity contribution is 6.31. The molecule has 0 fully saturated rings. The number of hydrogen-bond acceptors (Lipinski definition) is 5. The van der Waals surface area contributed by atoms with Crippen molar-refractivity contribution in [2.24, 2.45) is 0 Å². The summed E-state index contributed by atoms with van der Waals surface area (Å²) in [5.41, 5.74) is 7.62. The van der Waals surface area contributed by atoms with Gasteiger partial charge in [-0.2, -0.15) is 9.67 Å². The molecule has 0 saturated carbocycles. The van der Waals surface area contributed by atoms with Gasteiger partial charge >= 0.3 is 0 Å². The fraction of sp³-hybridized carbons (Fsp3) is 0.333. The number of aryl methyl sites for hydroxylation is 1. The third-order valence-electron chi connectivity index (χ3n) is 2.62. The smallest absolute Gasteiger partial charge is 0.244 e. The molecule has 0 amide bonds. The molecule has 0 aliphatic carbocycles. The number of halogens is 1. The molecule has 1 heterocycles. The number of nitrogens with zero attached hydrogens (tertiary/aromatic N) is 3. The minimum absolute atomic E-state index is 0.305. The highest BCUT2D eigenvalue weighted by atomic mass is 35.5. The van der Waals surface area contributed by atoms with Gasteiger partial charge in [-0.25, -0.2) is 0 Å². The number of aromatic nitrogens is 3. The van der Waals surface area contributed by atoms with Gasteiger partial charge in [0.25, 0.3) is 0 Å². The van der Waals surface area contributed by atoms with Crippen LogP contribution in [-0.4, -0.2) is 35.0 Å². The zero-order valence-corrected chi connectivity index (χ0v) is 11.6. The Labute approximate surface area is 116 Å². The van der Waals surface area contributed by atoms with Gasteiger partial charge in [0.05, 0.1) is 12.3 Å². The first-order valence-corrected chi connectivity index (χ1v) is 6.21. The summed E-state index contributed by atoms with van der Waals surface area (Å²) in [5, 5.41) is 7.97. The summed E-state index contributed by atoms with van der Waals surface area (Å²) in [4.78, 5) is 4.13. The van der Waals surface area contributed by atoms with Crippen molar-refractivity contribution < 1.29 is 4.74 Å². The number of ether oxygens (including phenoxy) is 1. The van der Waals surface area contributed by atoms with Crippen LogP contribution in [0.25, 0.3) is 5.69 Å².